The molecule has 0 fully saturated rings. The van der Waals surface area contributed by atoms with E-state index in [4.69, 9.17) is 0 Å². The third-order valence-corrected chi connectivity index (χ3v) is 4.24. The van der Waals surface area contributed by atoms with Crippen molar-refractivity contribution >= 4 is 5.84 Å². The van der Waals surface area contributed by atoms with Gasteiger partial charge in [-0.2, -0.15) is 0 Å². The highest BCUT2D eigenvalue weighted by molar-refractivity contribution is 5.84. The highest BCUT2D eigenvalue weighted by Crippen LogP contribution is 2.29. The molecule has 1 aliphatic heterocycles. The predicted molar refractivity (Wildman–Crippen MR) is 83.3 cm³/mol. The van der Waals surface area contributed by atoms with Crippen molar-refractivity contribution < 1.29 is 14.8 Å². The second kappa shape index (κ2) is 8.63. The fourth-order valence-corrected chi connectivity index (χ4v) is 3.29. The first-order valence-corrected chi connectivity index (χ1v) is 8.16. The molecule has 4 heteroatoms. The smallest absolute Gasteiger partial charge is 0.252 e. The number of β-amino-alcohol motifs (C(OH)–C–C–N with tert-alkyl or cyclic N) is 2. The van der Waals surface area contributed by atoms with Crippen molar-refractivity contribution in [1.29, 1.82) is 0 Å². The largest absolute Gasteiger partial charge is 0.392 e. The number of amidine groups is 1. The van der Waals surface area contributed by atoms with Crippen LogP contribution >= 0.6 is 0 Å². The van der Waals surface area contributed by atoms with E-state index >= 15 is 0 Å². The van der Waals surface area contributed by atoms with E-state index in [1.807, 2.05) is 0 Å². The molecule has 4 nitrogen and oxygen atoms in total. The molecule has 118 valence electrons. The maximum atomic E-state index is 9.25. The van der Waals surface area contributed by atoms with Crippen LogP contribution in [0.15, 0.2) is 0 Å². The van der Waals surface area contributed by atoms with E-state index in [2.05, 4.69) is 30.2 Å². The summed E-state index contributed by atoms with van der Waals surface area (Å²) in [5, 5.41) is 18.5. The Labute approximate surface area is 124 Å². The molecular formula is C16H33N2O2+. The SMILES string of the molecule is CCCCCCC(C)(C)C1=[N+](CCO)CCN1CCO. The molecule has 0 spiro atoms. The van der Waals surface area contributed by atoms with Crippen LogP contribution in [0.1, 0.15) is 52.9 Å². The van der Waals surface area contributed by atoms with Crippen molar-refractivity contribution in [3.8, 4) is 0 Å². The first-order valence-electron chi connectivity index (χ1n) is 8.16. The number of hydrogen-bond donors (Lipinski definition) is 2. The van der Waals surface area contributed by atoms with Crippen molar-refractivity contribution in [1.82, 2.24) is 4.90 Å². The second-order valence-corrected chi connectivity index (χ2v) is 6.44. The molecule has 2 N–H and O–H groups in total. The highest BCUT2D eigenvalue weighted by atomic mass is 16.3. The standard InChI is InChI=1S/C16H33N2O2/c1-4-5-6-7-8-16(2,3)15-17(11-13-19)9-10-18(15)12-14-20/h19-20H,4-14H2,1-3H3/q+1. The first kappa shape index (κ1) is 17.4. The lowest BCUT2D eigenvalue weighted by molar-refractivity contribution is -0.523. The average Bonchev–Trinajstić information content (AvgIpc) is 2.79. The van der Waals surface area contributed by atoms with Gasteiger partial charge in [0.15, 0.2) is 0 Å². The molecule has 0 aromatic carbocycles. The summed E-state index contributed by atoms with van der Waals surface area (Å²) in [6.07, 6.45) is 6.31. The van der Waals surface area contributed by atoms with Crippen LogP contribution in [0.5, 0.6) is 0 Å². The van der Waals surface area contributed by atoms with E-state index in [1.54, 1.807) is 0 Å². The molecule has 0 aliphatic carbocycles. The van der Waals surface area contributed by atoms with Gasteiger partial charge in [-0.25, -0.2) is 0 Å². The van der Waals surface area contributed by atoms with Gasteiger partial charge in [0, 0.05) is 0 Å². The minimum atomic E-state index is 0.120. The summed E-state index contributed by atoms with van der Waals surface area (Å²) >= 11 is 0. The number of aliphatic hydroxyl groups is 2. The molecule has 0 radical (unpaired) electrons. The Balaban J connectivity index is 2.75. The summed E-state index contributed by atoms with van der Waals surface area (Å²) in [5.74, 6) is 1.32. The van der Waals surface area contributed by atoms with Gasteiger partial charge in [-0.3, -0.25) is 9.48 Å². The Bertz CT molecular complexity index is 314. The van der Waals surface area contributed by atoms with Crippen molar-refractivity contribution in [2.45, 2.75) is 52.9 Å². The lowest BCUT2D eigenvalue weighted by Gasteiger charge is -2.27. The summed E-state index contributed by atoms with van der Waals surface area (Å²) < 4.78 is 2.30. The monoisotopic (exact) mass is 285 g/mol. The van der Waals surface area contributed by atoms with E-state index < -0.39 is 0 Å². The normalized spacial score (nSPS) is 16.4. The van der Waals surface area contributed by atoms with Gasteiger partial charge >= 0.3 is 0 Å². The zero-order chi connectivity index (χ0) is 15.0. The maximum Gasteiger partial charge on any atom is 0.252 e. The van der Waals surface area contributed by atoms with Crippen LogP contribution in [0, 0.1) is 5.41 Å². The zero-order valence-corrected chi connectivity index (χ0v) is 13.6. The average molecular weight is 285 g/mol. The van der Waals surface area contributed by atoms with Crippen molar-refractivity contribution in [2.75, 3.05) is 39.4 Å². The Morgan fingerprint density at radius 2 is 1.90 bits per heavy atom. The van der Waals surface area contributed by atoms with Gasteiger partial charge in [-0.15, -0.1) is 0 Å². The number of unbranched alkanes of at least 4 members (excludes halogenated alkanes) is 3. The Hall–Kier alpha value is -0.610. The topological polar surface area (TPSA) is 46.7 Å². The first-order chi connectivity index (χ1) is 9.56. The van der Waals surface area contributed by atoms with Gasteiger partial charge in [0.1, 0.15) is 26.2 Å². The van der Waals surface area contributed by atoms with Gasteiger partial charge in [0.05, 0.1) is 18.6 Å². The molecular weight excluding hydrogens is 252 g/mol. The van der Waals surface area contributed by atoms with E-state index in [9.17, 15) is 10.2 Å². The van der Waals surface area contributed by atoms with E-state index in [-0.39, 0.29) is 18.6 Å². The van der Waals surface area contributed by atoms with Crippen molar-refractivity contribution in [3.05, 3.63) is 0 Å². The fourth-order valence-electron chi connectivity index (χ4n) is 3.29. The van der Waals surface area contributed by atoms with E-state index in [0.29, 0.717) is 13.1 Å². The van der Waals surface area contributed by atoms with Gasteiger partial charge in [-0.1, -0.05) is 32.6 Å². The van der Waals surface area contributed by atoms with Crippen molar-refractivity contribution in [2.24, 2.45) is 5.41 Å². The van der Waals surface area contributed by atoms with Crippen LogP contribution in [0.3, 0.4) is 0 Å². The second-order valence-electron chi connectivity index (χ2n) is 6.44. The van der Waals surface area contributed by atoms with Crippen LogP contribution < -0.4 is 0 Å². The summed E-state index contributed by atoms with van der Waals surface area (Å²) in [7, 11) is 0. The third-order valence-electron chi connectivity index (χ3n) is 4.24. The van der Waals surface area contributed by atoms with Crippen molar-refractivity contribution in [3.63, 3.8) is 0 Å². The molecule has 0 aromatic heterocycles. The van der Waals surface area contributed by atoms with Gasteiger partial charge in [-0.05, 0) is 20.3 Å². The van der Waals surface area contributed by atoms with Crippen LogP contribution in [0.4, 0.5) is 0 Å². The van der Waals surface area contributed by atoms with E-state index in [0.717, 1.165) is 13.1 Å². The minimum Gasteiger partial charge on any atom is -0.392 e. The molecule has 20 heavy (non-hydrogen) atoms. The van der Waals surface area contributed by atoms with Gasteiger partial charge in [0.25, 0.3) is 5.84 Å². The van der Waals surface area contributed by atoms with Gasteiger partial charge in [0.2, 0.25) is 0 Å². The Morgan fingerprint density at radius 3 is 2.50 bits per heavy atom. The maximum absolute atomic E-state index is 9.25. The van der Waals surface area contributed by atoms with Crippen LogP contribution in [0.25, 0.3) is 0 Å². The molecule has 0 unspecified atom stereocenters. The number of rotatable bonds is 10. The van der Waals surface area contributed by atoms with Crippen LogP contribution in [0.2, 0.25) is 0 Å². The minimum absolute atomic E-state index is 0.120. The van der Waals surface area contributed by atoms with Gasteiger partial charge < -0.3 is 10.2 Å². The third kappa shape index (κ3) is 4.74. The molecule has 0 bridgehead atoms. The summed E-state index contributed by atoms with van der Waals surface area (Å²) in [6.45, 7) is 10.6. The summed E-state index contributed by atoms with van der Waals surface area (Å²) in [4.78, 5) is 2.30. The molecule has 0 saturated heterocycles. The molecule has 1 rings (SSSR count). The molecule has 0 amide bonds. The Kier molecular flexibility index (Phi) is 7.52. The fraction of sp³-hybridized carbons (Fsp3) is 0.938. The molecule has 1 aliphatic rings. The van der Waals surface area contributed by atoms with Crippen LogP contribution in [-0.4, -0.2) is 64.9 Å². The quantitative estimate of drug-likeness (QED) is 0.474. The summed E-state index contributed by atoms with van der Waals surface area (Å²) in [6, 6.07) is 0. The molecule has 0 saturated carbocycles. The molecule has 0 aromatic rings. The molecule has 1 heterocycles. The lowest BCUT2D eigenvalue weighted by Crippen LogP contribution is -2.42. The number of hydrogen-bond acceptors (Lipinski definition) is 3. The van der Waals surface area contributed by atoms with Crippen LogP contribution in [-0.2, 0) is 0 Å². The summed E-state index contributed by atoms with van der Waals surface area (Å²) in [5.41, 5.74) is 0.120. The lowest BCUT2D eigenvalue weighted by atomic mass is 9.84. The highest BCUT2D eigenvalue weighted by Gasteiger charge is 2.41. The zero-order valence-electron chi connectivity index (χ0n) is 13.6. The van der Waals surface area contributed by atoms with E-state index in [1.165, 1.54) is 37.9 Å². The molecule has 0 atom stereocenters. The number of nitrogens with zero attached hydrogens (tertiary/aromatic N) is 2. The number of aliphatic hydroxyl groups excluding tert-OH is 2. The Morgan fingerprint density at radius 1 is 1.15 bits per heavy atom. The predicted octanol–water partition coefficient (Wildman–Crippen LogP) is 1.69.